The van der Waals surface area contributed by atoms with Crippen LogP contribution in [0.25, 0.3) is 11.3 Å². The molecule has 1 aliphatic rings. The number of rotatable bonds is 10. The minimum Gasteiger partial charge on any atom is -0.493 e. The second-order valence-corrected chi connectivity index (χ2v) is 11.0. The molecule has 1 aliphatic heterocycles. The van der Waals surface area contributed by atoms with Gasteiger partial charge in [-0.3, -0.25) is 4.79 Å². The van der Waals surface area contributed by atoms with Crippen LogP contribution in [-0.2, 0) is 0 Å². The smallest absolute Gasteiger partial charge is 0.278 e. The Morgan fingerprint density at radius 3 is 2.33 bits per heavy atom. The third kappa shape index (κ3) is 5.76. The molecule has 0 aliphatic carbocycles. The fourth-order valence-electron chi connectivity index (χ4n) is 5.43. The van der Waals surface area contributed by atoms with E-state index in [4.69, 9.17) is 19.8 Å². The second kappa shape index (κ2) is 12.8. The number of ether oxygens (including phenoxy) is 1. The van der Waals surface area contributed by atoms with E-state index >= 15 is 0 Å². The van der Waals surface area contributed by atoms with Crippen molar-refractivity contribution in [1.29, 1.82) is 0 Å². The number of aromatic nitrogens is 2. The van der Waals surface area contributed by atoms with Crippen molar-refractivity contribution in [1.82, 2.24) is 9.66 Å². The fourth-order valence-corrected chi connectivity index (χ4v) is 5.43. The summed E-state index contributed by atoms with van der Waals surface area (Å²) in [6.07, 6.45) is 1.98. The lowest BCUT2D eigenvalue weighted by Gasteiger charge is -2.21. The Bertz CT molecular complexity index is 1780. The molecule has 0 bridgehead atoms. The van der Waals surface area contributed by atoms with Gasteiger partial charge in [0.1, 0.15) is 17.2 Å². The van der Waals surface area contributed by atoms with Gasteiger partial charge in [-0.25, -0.2) is 9.98 Å². The van der Waals surface area contributed by atoms with Gasteiger partial charge >= 0.3 is 0 Å². The van der Waals surface area contributed by atoms with Crippen molar-refractivity contribution in [3.05, 3.63) is 105 Å². The maximum atomic E-state index is 13.9. The number of nitrogens with zero attached hydrogens (tertiary/aromatic N) is 5. The zero-order valence-corrected chi connectivity index (χ0v) is 26.4. The van der Waals surface area contributed by atoms with E-state index in [0.717, 1.165) is 65.1 Å². The highest BCUT2D eigenvalue weighted by molar-refractivity contribution is 6.54. The van der Waals surface area contributed by atoms with Crippen LogP contribution in [0.1, 0.15) is 67.3 Å². The number of aliphatic imine (C=N–C) groups is 1. The summed E-state index contributed by atoms with van der Waals surface area (Å²) in [6, 6.07) is 20.2. The van der Waals surface area contributed by atoms with E-state index in [0.29, 0.717) is 40.9 Å². The van der Waals surface area contributed by atoms with Crippen molar-refractivity contribution in [2.24, 2.45) is 10.1 Å². The normalized spacial score (nSPS) is 13.3. The van der Waals surface area contributed by atoms with Crippen molar-refractivity contribution in [3.63, 3.8) is 0 Å². The minimum atomic E-state index is -0.218. The molecule has 1 aromatic heterocycles. The van der Waals surface area contributed by atoms with E-state index in [2.05, 4.69) is 64.6 Å². The highest BCUT2D eigenvalue weighted by Crippen LogP contribution is 2.32. The largest absolute Gasteiger partial charge is 0.493 e. The summed E-state index contributed by atoms with van der Waals surface area (Å²) >= 11 is 0. The Hall–Kier alpha value is -4.52. The number of aryl methyl sites for hydroxylation is 2. The van der Waals surface area contributed by atoms with Gasteiger partial charge in [-0.1, -0.05) is 43.7 Å². The highest BCUT2D eigenvalue weighted by atomic mass is 16.5. The number of hydrogen-bond acceptors (Lipinski definition) is 6. The monoisotopic (exact) mass is 575 g/mol. The summed E-state index contributed by atoms with van der Waals surface area (Å²) in [6.45, 7) is 16.9. The quantitative estimate of drug-likeness (QED) is 0.183. The number of hydrogen-bond donors (Lipinski definition) is 0. The molecule has 0 saturated heterocycles. The Balaban J connectivity index is 1.72. The van der Waals surface area contributed by atoms with Gasteiger partial charge in [0.25, 0.3) is 5.56 Å². The molecule has 43 heavy (non-hydrogen) atoms. The number of unbranched alkanes of at least 4 members (excludes halogenated alkanes) is 1. The molecule has 3 aromatic carbocycles. The molecule has 0 atom stereocenters. The Labute approximate surface area is 254 Å². The molecular weight excluding hydrogens is 534 g/mol. The van der Waals surface area contributed by atoms with Crippen molar-refractivity contribution < 1.29 is 4.74 Å². The lowest BCUT2D eigenvalue weighted by atomic mass is 9.97. The molecule has 5 rings (SSSR count). The lowest BCUT2D eigenvalue weighted by Crippen LogP contribution is -2.24. The van der Waals surface area contributed by atoms with E-state index in [9.17, 15) is 4.79 Å². The van der Waals surface area contributed by atoms with Crippen molar-refractivity contribution in [3.8, 4) is 17.0 Å². The van der Waals surface area contributed by atoms with Gasteiger partial charge < -0.3 is 9.64 Å². The van der Waals surface area contributed by atoms with Gasteiger partial charge in [0.05, 0.1) is 18.0 Å². The molecule has 0 saturated carbocycles. The number of anilines is 1. The van der Waals surface area contributed by atoms with Gasteiger partial charge in [-0.05, 0) is 95.0 Å². The molecule has 0 radical (unpaired) electrons. The van der Waals surface area contributed by atoms with Crippen LogP contribution in [0.2, 0.25) is 0 Å². The van der Waals surface area contributed by atoms with E-state index in [1.807, 2.05) is 42.5 Å². The number of fused-ring (bicyclic) bond motifs is 1. The predicted octanol–water partition coefficient (Wildman–Crippen LogP) is 7.56. The van der Waals surface area contributed by atoms with Crippen LogP contribution in [0, 0.1) is 27.7 Å². The maximum Gasteiger partial charge on any atom is 0.278 e. The zero-order valence-electron chi connectivity index (χ0n) is 26.4. The molecule has 0 fully saturated rings. The lowest BCUT2D eigenvalue weighted by molar-refractivity contribution is 0.310. The van der Waals surface area contributed by atoms with Gasteiger partial charge in [0, 0.05) is 35.5 Å². The molecular formula is C36H41N5O2. The van der Waals surface area contributed by atoms with Crippen LogP contribution in [0.5, 0.6) is 5.75 Å². The first-order chi connectivity index (χ1) is 20.8. The topological polar surface area (TPSA) is 72.1 Å². The van der Waals surface area contributed by atoms with Gasteiger partial charge in [0.2, 0.25) is 0 Å². The van der Waals surface area contributed by atoms with Crippen LogP contribution in [0.4, 0.5) is 11.4 Å². The van der Waals surface area contributed by atoms with Crippen LogP contribution < -0.4 is 15.2 Å². The number of benzene rings is 3. The maximum absolute atomic E-state index is 13.9. The van der Waals surface area contributed by atoms with Crippen LogP contribution in [0.15, 0.2) is 75.6 Å². The minimum absolute atomic E-state index is 0.218. The summed E-state index contributed by atoms with van der Waals surface area (Å²) in [5, 5.41) is 4.87. The Morgan fingerprint density at radius 2 is 1.60 bits per heavy atom. The van der Waals surface area contributed by atoms with Gasteiger partial charge in [0.15, 0.2) is 5.82 Å². The summed E-state index contributed by atoms with van der Waals surface area (Å²) < 4.78 is 7.55. The molecule has 7 nitrogen and oxygen atoms in total. The molecule has 0 unspecified atom stereocenters. The average molecular weight is 576 g/mol. The third-order valence-electron chi connectivity index (χ3n) is 8.22. The van der Waals surface area contributed by atoms with Crippen molar-refractivity contribution in [2.45, 2.75) is 61.3 Å². The Kier molecular flexibility index (Phi) is 8.90. The second-order valence-electron chi connectivity index (χ2n) is 11.0. The Morgan fingerprint density at radius 1 is 0.860 bits per heavy atom. The standard InChI is InChI=1S/C36H41N5O2/c1-8-11-21-43-31-18-13-12-16-29(31)32-26(7)36(42)41-35(38-32)34(33(39-41)28-17-14-15-23(4)25(28)6)37-30-20-19-27(22-24(30)5)40(9-2)10-3/h12-20,22H,8-11,21H2,1-7H3. The molecule has 0 N–H and O–H groups in total. The molecule has 0 spiro atoms. The van der Waals surface area contributed by atoms with Crippen molar-refractivity contribution >= 4 is 22.8 Å². The van der Waals surface area contributed by atoms with Crippen LogP contribution in [-0.4, -0.2) is 40.8 Å². The first-order valence-electron chi connectivity index (χ1n) is 15.2. The predicted molar refractivity (Wildman–Crippen MR) is 178 cm³/mol. The summed E-state index contributed by atoms with van der Waals surface area (Å²) in [5.74, 6) is 1.14. The molecule has 2 heterocycles. The fraction of sp³-hybridized carbons (Fsp3) is 0.333. The number of para-hydroxylation sites is 1. The molecule has 0 amide bonds. The summed E-state index contributed by atoms with van der Waals surface area (Å²) in [7, 11) is 0. The molecule has 7 heteroatoms. The third-order valence-corrected chi connectivity index (χ3v) is 8.22. The summed E-state index contributed by atoms with van der Waals surface area (Å²) in [4.78, 5) is 26.5. The van der Waals surface area contributed by atoms with E-state index in [1.165, 1.54) is 4.68 Å². The summed E-state index contributed by atoms with van der Waals surface area (Å²) in [5.41, 5.74) is 9.08. The van der Waals surface area contributed by atoms with Crippen LogP contribution >= 0.6 is 0 Å². The van der Waals surface area contributed by atoms with E-state index < -0.39 is 0 Å². The first-order valence-corrected chi connectivity index (χ1v) is 15.2. The van der Waals surface area contributed by atoms with E-state index in [-0.39, 0.29) is 5.56 Å². The highest BCUT2D eigenvalue weighted by Gasteiger charge is 2.31. The SMILES string of the molecule is CCCCOc1ccccc1-c1nc2n(c(=O)c1C)N=C(c1cccc(C)c1C)C2=Nc1ccc(N(CC)CC)cc1C. The van der Waals surface area contributed by atoms with Gasteiger partial charge in [-0.2, -0.15) is 9.78 Å². The molecule has 222 valence electrons. The van der Waals surface area contributed by atoms with Crippen LogP contribution in [0.3, 0.4) is 0 Å². The molecule has 4 aromatic rings. The van der Waals surface area contributed by atoms with E-state index in [1.54, 1.807) is 6.92 Å². The average Bonchev–Trinajstić information content (AvgIpc) is 3.36. The first kappa shape index (κ1) is 30.0. The zero-order chi connectivity index (χ0) is 30.7. The van der Waals surface area contributed by atoms with Crippen molar-refractivity contribution in [2.75, 3.05) is 24.6 Å². The van der Waals surface area contributed by atoms with Gasteiger partial charge in [-0.15, -0.1) is 0 Å².